The molecule has 1 atom stereocenters. The van der Waals surface area contributed by atoms with Crippen LogP contribution < -0.4 is 0 Å². The lowest BCUT2D eigenvalue weighted by Crippen LogP contribution is -1.93. The van der Waals surface area contributed by atoms with Gasteiger partial charge in [0.05, 0.1) is 0 Å². The van der Waals surface area contributed by atoms with Crippen LogP contribution in [0, 0.1) is 5.92 Å². The fourth-order valence-corrected chi connectivity index (χ4v) is 1.66. The molecule has 0 aliphatic heterocycles. The van der Waals surface area contributed by atoms with Crippen molar-refractivity contribution < 1.29 is 0 Å². The highest BCUT2D eigenvalue weighted by Crippen LogP contribution is 2.16. The first-order valence-electron chi connectivity index (χ1n) is 6.02. The fourth-order valence-electron chi connectivity index (χ4n) is 1.66. The molecule has 0 N–H and O–H groups in total. The smallest absolute Gasteiger partial charge is 0.0282 e. The van der Waals surface area contributed by atoms with Crippen molar-refractivity contribution >= 4 is 0 Å². The number of rotatable bonds is 7. The van der Waals surface area contributed by atoms with Crippen molar-refractivity contribution in [2.45, 2.75) is 52.9 Å². The van der Waals surface area contributed by atoms with Crippen molar-refractivity contribution in [3.05, 3.63) is 37.5 Å². The van der Waals surface area contributed by atoms with Crippen LogP contribution >= 0.6 is 0 Å². The normalized spacial score (nSPS) is 12.6. The molecule has 0 rings (SSSR count). The van der Waals surface area contributed by atoms with Crippen LogP contribution in [0.3, 0.4) is 0 Å². The van der Waals surface area contributed by atoms with Crippen LogP contribution in [0.5, 0.6) is 0 Å². The van der Waals surface area contributed by atoms with Crippen LogP contribution in [0.2, 0.25) is 0 Å². The maximum atomic E-state index is 3.80. The van der Waals surface area contributed by atoms with Crippen molar-refractivity contribution in [3.8, 4) is 0 Å². The third-order valence-electron chi connectivity index (χ3n) is 2.58. The van der Waals surface area contributed by atoms with Crippen molar-refractivity contribution in [2.75, 3.05) is 0 Å². The Morgan fingerprint density at radius 2 is 1.87 bits per heavy atom. The van der Waals surface area contributed by atoms with E-state index in [1.165, 1.54) is 37.7 Å². The topological polar surface area (TPSA) is 0 Å². The number of hydrogen-bond acceptors (Lipinski definition) is 0. The Balaban J connectivity index is 0. The molecule has 0 aliphatic carbocycles. The molecule has 0 saturated heterocycles. The Hall–Kier alpha value is -0.780. The average Bonchev–Trinajstić information content (AvgIpc) is 2.28. The molecule has 0 aliphatic rings. The largest absolute Gasteiger partial charge is 0.106 e. The van der Waals surface area contributed by atoms with Gasteiger partial charge < -0.3 is 0 Å². The summed E-state index contributed by atoms with van der Waals surface area (Å²) < 4.78 is 0. The van der Waals surface area contributed by atoms with Gasteiger partial charge in [-0.2, -0.15) is 0 Å². The Kier molecular flexibility index (Phi) is 14.7. The van der Waals surface area contributed by atoms with Crippen molar-refractivity contribution in [3.63, 3.8) is 0 Å². The van der Waals surface area contributed by atoms with E-state index in [9.17, 15) is 0 Å². The van der Waals surface area contributed by atoms with Crippen LogP contribution in [0.15, 0.2) is 37.5 Å². The molecule has 15 heavy (non-hydrogen) atoms. The summed E-state index contributed by atoms with van der Waals surface area (Å²) in [6.45, 7) is 16.5. The lowest BCUT2D eigenvalue weighted by atomic mass is 9.97. The van der Waals surface area contributed by atoms with E-state index in [1.54, 1.807) is 0 Å². The fraction of sp³-hybridized carbons (Fsp3) is 0.600. The molecule has 0 fully saturated rings. The minimum atomic E-state index is 0.896. The predicted octanol–water partition coefficient (Wildman–Crippen LogP) is 5.53. The summed E-state index contributed by atoms with van der Waals surface area (Å²) in [5.74, 6) is 0.896. The molecule has 0 aromatic carbocycles. The molecule has 88 valence electrons. The highest BCUT2D eigenvalue weighted by molar-refractivity contribution is 5.14. The van der Waals surface area contributed by atoms with E-state index in [-0.39, 0.29) is 0 Å². The van der Waals surface area contributed by atoms with E-state index in [2.05, 4.69) is 46.6 Å². The molecule has 0 heteroatoms. The Morgan fingerprint density at radius 3 is 2.27 bits per heavy atom. The third kappa shape index (κ3) is 11.1. The first-order chi connectivity index (χ1) is 7.24. The van der Waals surface area contributed by atoms with Gasteiger partial charge in [0.2, 0.25) is 0 Å². The zero-order valence-electron chi connectivity index (χ0n) is 10.9. The van der Waals surface area contributed by atoms with E-state index in [4.69, 9.17) is 0 Å². The van der Waals surface area contributed by atoms with Crippen LogP contribution in [-0.4, -0.2) is 0 Å². The second-order valence-electron chi connectivity index (χ2n) is 3.85. The summed E-state index contributed by atoms with van der Waals surface area (Å²) in [5.41, 5.74) is 1.39. The van der Waals surface area contributed by atoms with Gasteiger partial charge in [-0.25, -0.2) is 0 Å². The summed E-state index contributed by atoms with van der Waals surface area (Å²) in [6, 6.07) is 0. The molecule has 0 nitrogen and oxygen atoms in total. The Bertz CT molecular complexity index is 165. The number of hydrogen-bond donors (Lipinski definition) is 0. The molecule has 0 amide bonds. The average molecular weight is 208 g/mol. The van der Waals surface area contributed by atoms with E-state index in [0.29, 0.717) is 0 Å². The van der Waals surface area contributed by atoms with Gasteiger partial charge >= 0.3 is 0 Å². The minimum absolute atomic E-state index is 0.896. The summed E-state index contributed by atoms with van der Waals surface area (Å²) >= 11 is 0. The summed E-state index contributed by atoms with van der Waals surface area (Å²) in [7, 11) is 0. The van der Waals surface area contributed by atoms with Crippen molar-refractivity contribution in [1.29, 1.82) is 0 Å². The van der Waals surface area contributed by atoms with E-state index in [1.807, 2.05) is 6.08 Å². The molecule has 0 heterocycles. The van der Waals surface area contributed by atoms with Crippen molar-refractivity contribution in [1.82, 2.24) is 0 Å². The second kappa shape index (κ2) is 13.2. The predicted molar refractivity (Wildman–Crippen MR) is 73.1 cm³/mol. The van der Waals surface area contributed by atoms with Crippen LogP contribution in [0.1, 0.15) is 52.9 Å². The summed E-state index contributed by atoms with van der Waals surface area (Å²) in [6.07, 6.45) is 10.7. The van der Waals surface area contributed by atoms with E-state index < -0.39 is 0 Å². The van der Waals surface area contributed by atoms with Gasteiger partial charge in [0.15, 0.2) is 0 Å². The molecular formula is C15H28. The highest BCUT2D eigenvalue weighted by Gasteiger charge is 2.00. The highest BCUT2D eigenvalue weighted by atomic mass is 14.1. The lowest BCUT2D eigenvalue weighted by Gasteiger charge is -2.09. The number of allylic oxidation sites excluding steroid dienone is 3. The molecular weight excluding hydrogens is 180 g/mol. The van der Waals surface area contributed by atoms with E-state index >= 15 is 0 Å². The Morgan fingerprint density at radius 1 is 1.27 bits per heavy atom. The molecule has 0 bridgehead atoms. The molecule has 0 radical (unpaired) electrons. The van der Waals surface area contributed by atoms with Gasteiger partial charge in [-0.15, -0.1) is 13.2 Å². The van der Waals surface area contributed by atoms with Crippen LogP contribution in [-0.2, 0) is 0 Å². The Labute approximate surface area is 96.8 Å². The first kappa shape index (κ1) is 16.6. The molecule has 0 spiro atoms. The van der Waals surface area contributed by atoms with Gasteiger partial charge in [-0.1, -0.05) is 57.4 Å². The molecule has 1 unspecified atom stereocenters. The van der Waals surface area contributed by atoms with Gasteiger partial charge in [-0.3, -0.25) is 0 Å². The minimum Gasteiger partial charge on any atom is -0.106 e. The van der Waals surface area contributed by atoms with Crippen LogP contribution in [0.4, 0.5) is 0 Å². The maximum absolute atomic E-state index is 3.80. The van der Waals surface area contributed by atoms with Gasteiger partial charge in [0, 0.05) is 0 Å². The monoisotopic (exact) mass is 208 g/mol. The second-order valence-corrected chi connectivity index (χ2v) is 3.85. The molecule has 0 saturated carbocycles. The zero-order chi connectivity index (χ0) is 12.1. The standard InChI is InChI=1S/C13H24.C2H4/c1-5-9-12(4)10-8-11-13(6-2)7-3;1-2/h6-7,12H,2,5,8-11H2,1,3-4H3;1-2H2/b13-7+;. The summed E-state index contributed by atoms with van der Waals surface area (Å²) in [4.78, 5) is 0. The lowest BCUT2D eigenvalue weighted by molar-refractivity contribution is 0.470. The maximum Gasteiger partial charge on any atom is -0.0282 e. The third-order valence-corrected chi connectivity index (χ3v) is 2.58. The summed E-state index contributed by atoms with van der Waals surface area (Å²) in [5, 5.41) is 0. The SMILES string of the molecule is C=C.C=C/C(=C\C)CCCC(C)CCC. The van der Waals surface area contributed by atoms with Gasteiger partial charge in [0.1, 0.15) is 0 Å². The van der Waals surface area contributed by atoms with Crippen LogP contribution in [0.25, 0.3) is 0 Å². The zero-order valence-corrected chi connectivity index (χ0v) is 10.9. The molecule has 0 aromatic rings. The van der Waals surface area contributed by atoms with E-state index in [0.717, 1.165) is 5.92 Å². The quantitative estimate of drug-likeness (QED) is 0.381. The first-order valence-corrected chi connectivity index (χ1v) is 6.02. The molecule has 0 aromatic heterocycles. The van der Waals surface area contributed by atoms with Crippen molar-refractivity contribution in [2.24, 2.45) is 5.92 Å². The van der Waals surface area contributed by atoms with Gasteiger partial charge in [0.25, 0.3) is 0 Å². The van der Waals surface area contributed by atoms with Gasteiger partial charge in [-0.05, 0) is 25.7 Å².